The van der Waals surface area contributed by atoms with Crippen LogP contribution in [-0.4, -0.2) is 24.4 Å². The van der Waals surface area contributed by atoms with Gasteiger partial charge in [0, 0.05) is 0 Å². The van der Waals surface area contributed by atoms with Crippen LogP contribution < -0.4 is 5.73 Å². The summed E-state index contributed by atoms with van der Waals surface area (Å²) in [6.45, 7) is -0.910. The van der Waals surface area contributed by atoms with E-state index < -0.39 is 12.7 Å². The highest BCUT2D eigenvalue weighted by Gasteiger charge is 1.93. The molecule has 0 rings (SSSR count). The highest BCUT2D eigenvalue weighted by atomic mass is 19.1. The van der Waals surface area contributed by atoms with Crippen molar-refractivity contribution in [2.75, 3.05) is 13.3 Å². The summed E-state index contributed by atoms with van der Waals surface area (Å²) >= 11 is 0. The standard InChI is InChI=1S/C3H8FNO/c4-1-3(5)2-6/h3,6H,1-2,5H2/t3-/m0/s1. The third-order valence-electron chi connectivity index (χ3n) is 0.433. The van der Waals surface area contributed by atoms with Crippen LogP contribution in [0.15, 0.2) is 0 Å². The van der Waals surface area contributed by atoms with E-state index in [1.807, 2.05) is 0 Å². The summed E-state index contributed by atoms with van der Waals surface area (Å²) in [5, 5.41) is 7.97. The molecular formula is C3H8FNO. The second kappa shape index (κ2) is 3.06. The summed E-state index contributed by atoms with van der Waals surface area (Å²) < 4.78 is 11.1. The minimum absolute atomic E-state index is 0.267. The molecule has 3 heteroatoms. The lowest BCUT2D eigenvalue weighted by atomic mass is 10.4. The maximum atomic E-state index is 11.1. The van der Waals surface area contributed by atoms with Gasteiger partial charge < -0.3 is 10.8 Å². The van der Waals surface area contributed by atoms with Gasteiger partial charge in [0.15, 0.2) is 0 Å². The molecule has 3 N–H and O–H groups in total. The minimum atomic E-state index is -0.676. The monoisotopic (exact) mass is 93.1 g/mol. The van der Waals surface area contributed by atoms with E-state index in [1.165, 1.54) is 0 Å². The summed E-state index contributed by atoms with van der Waals surface area (Å²) in [5.41, 5.74) is 4.85. The van der Waals surface area contributed by atoms with Crippen molar-refractivity contribution in [2.24, 2.45) is 5.73 Å². The number of alkyl halides is 1. The Morgan fingerprint density at radius 3 is 2.33 bits per heavy atom. The fourth-order valence-corrected chi connectivity index (χ4v) is 0.0488. The molecule has 0 saturated carbocycles. The molecular weight excluding hydrogens is 85.0 g/mol. The number of halogens is 1. The van der Waals surface area contributed by atoms with Gasteiger partial charge in [-0.05, 0) is 0 Å². The Balaban J connectivity index is 2.75. The lowest BCUT2D eigenvalue weighted by Crippen LogP contribution is -2.26. The fourth-order valence-electron chi connectivity index (χ4n) is 0.0488. The van der Waals surface area contributed by atoms with Crippen LogP contribution >= 0.6 is 0 Å². The predicted molar refractivity (Wildman–Crippen MR) is 21.0 cm³/mol. The summed E-state index contributed by atoms with van der Waals surface area (Å²) in [4.78, 5) is 0. The largest absolute Gasteiger partial charge is 0.395 e. The molecule has 0 aromatic rings. The van der Waals surface area contributed by atoms with Gasteiger partial charge >= 0.3 is 0 Å². The molecule has 6 heavy (non-hydrogen) atoms. The van der Waals surface area contributed by atoms with Gasteiger partial charge in [0.25, 0.3) is 0 Å². The van der Waals surface area contributed by atoms with Crippen molar-refractivity contribution in [3.63, 3.8) is 0 Å². The smallest absolute Gasteiger partial charge is 0.107 e. The van der Waals surface area contributed by atoms with Gasteiger partial charge in [-0.15, -0.1) is 0 Å². The van der Waals surface area contributed by atoms with Crippen LogP contribution in [0.2, 0.25) is 0 Å². The first kappa shape index (κ1) is 5.85. The van der Waals surface area contributed by atoms with E-state index in [0.29, 0.717) is 0 Å². The SMILES string of the molecule is N[C@H](CO)CF. The van der Waals surface area contributed by atoms with E-state index in [0.717, 1.165) is 0 Å². The van der Waals surface area contributed by atoms with E-state index in [9.17, 15) is 4.39 Å². The fraction of sp³-hybridized carbons (Fsp3) is 1.00. The first-order valence-electron chi connectivity index (χ1n) is 1.73. The number of hydrogen-bond acceptors (Lipinski definition) is 2. The molecule has 0 fully saturated rings. The Kier molecular flexibility index (Phi) is 2.98. The lowest BCUT2D eigenvalue weighted by molar-refractivity contribution is 0.242. The molecule has 38 valence electrons. The summed E-state index contributed by atoms with van der Waals surface area (Å²) in [5.74, 6) is 0. The molecule has 0 unspecified atom stereocenters. The average Bonchev–Trinajstić information content (AvgIpc) is 1.65. The molecule has 1 atom stereocenters. The molecule has 0 amide bonds. The Morgan fingerprint density at radius 1 is 1.83 bits per heavy atom. The quantitative estimate of drug-likeness (QED) is 0.473. The molecule has 0 aromatic carbocycles. The van der Waals surface area contributed by atoms with Gasteiger partial charge in [-0.1, -0.05) is 0 Å². The number of aliphatic hydroxyl groups excluding tert-OH is 1. The molecule has 0 spiro atoms. The van der Waals surface area contributed by atoms with Crippen LogP contribution in [0.25, 0.3) is 0 Å². The zero-order valence-corrected chi connectivity index (χ0v) is 3.39. The van der Waals surface area contributed by atoms with Crippen LogP contribution in [0.1, 0.15) is 0 Å². The molecule has 0 aliphatic rings. The molecule has 0 aliphatic heterocycles. The summed E-state index contributed by atoms with van der Waals surface area (Å²) in [6.07, 6.45) is 0. The number of nitrogens with two attached hydrogens (primary N) is 1. The van der Waals surface area contributed by atoms with E-state index in [-0.39, 0.29) is 6.61 Å². The molecule has 0 saturated heterocycles. The normalized spacial score (nSPS) is 14.5. The maximum absolute atomic E-state index is 11.1. The van der Waals surface area contributed by atoms with Crippen molar-refractivity contribution in [1.29, 1.82) is 0 Å². The van der Waals surface area contributed by atoms with Gasteiger partial charge in [-0.2, -0.15) is 0 Å². The number of rotatable bonds is 2. The lowest BCUT2D eigenvalue weighted by Gasteiger charge is -1.96. The Labute approximate surface area is 35.8 Å². The Bertz CT molecular complexity index is 30.0. The Morgan fingerprint density at radius 2 is 2.33 bits per heavy atom. The van der Waals surface area contributed by atoms with Gasteiger partial charge in [0.2, 0.25) is 0 Å². The van der Waals surface area contributed by atoms with E-state index in [1.54, 1.807) is 0 Å². The number of hydrogen-bond donors (Lipinski definition) is 2. The van der Waals surface area contributed by atoms with Crippen LogP contribution in [0, 0.1) is 0 Å². The predicted octanol–water partition coefficient (Wildman–Crippen LogP) is -0.725. The van der Waals surface area contributed by atoms with E-state index >= 15 is 0 Å². The van der Waals surface area contributed by atoms with Crippen molar-refractivity contribution in [3.05, 3.63) is 0 Å². The Hall–Kier alpha value is -0.150. The zero-order chi connectivity index (χ0) is 4.99. The third-order valence-corrected chi connectivity index (χ3v) is 0.433. The van der Waals surface area contributed by atoms with Gasteiger partial charge in [-0.3, -0.25) is 0 Å². The van der Waals surface area contributed by atoms with Gasteiger partial charge in [0.1, 0.15) is 6.67 Å². The zero-order valence-electron chi connectivity index (χ0n) is 3.39. The van der Waals surface area contributed by atoms with Crippen molar-refractivity contribution in [2.45, 2.75) is 6.04 Å². The average molecular weight is 93.1 g/mol. The first-order chi connectivity index (χ1) is 2.81. The summed E-state index contributed by atoms with van der Waals surface area (Å²) in [6, 6.07) is -0.676. The second-order valence-corrected chi connectivity index (χ2v) is 1.10. The highest BCUT2D eigenvalue weighted by Crippen LogP contribution is 1.73. The first-order valence-corrected chi connectivity index (χ1v) is 1.73. The highest BCUT2D eigenvalue weighted by molar-refractivity contribution is 4.52. The number of aliphatic hydroxyl groups is 1. The summed E-state index contributed by atoms with van der Waals surface area (Å²) in [7, 11) is 0. The maximum Gasteiger partial charge on any atom is 0.107 e. The molecule has 0 heterocycles. The van der Waals surface area contributed by atoms with Gasteiger partial charge in [-0.25, -0.2) is 4.39 Å². The van der Waals surface area contributed by atoms with Crippen molar-refractivity contribution in [3.8, 4) is 0 Å². The molecule has 0 aromatic heterocycles. The molecule has 2 nitrogen and oxygen atoms in total. The van der Waals surface area contributed by atoms with Gasteiger partial charge in [0.05, 0.1) is 12.6 Å². The molecule has 0 radical (unpaired) electrons. The molecule has 0 bridgehead atoms. The third kappa shape index (κ3) is 2.11. The van der Waals surface area contributed by atoms with Crippen LogP contribution in [0.4, 0.5) is 4.39 Å². The minimum Gasteiger partial charge on any atom is -0.395 e. The van der Waals surface area contributed by atoms with Crippen LogP contribution in [-0.2, 0) is 0 Å². The van der Waals surface area contributed by atoms with E-state index in [2.05, 4.69) is 0 Å². The second-order valence-electron chi connectivity index (χ2n) is 1.10. The van der Waals surface area contributed by atoms with Crippen molar-refractivity contribution in [1.82, 2.24) is 0 Å². The van der Waals surface area contributed by atoms with Crippen LogP contribution in [0.5, 0.6) is 0 Å². The van der Waals surface area contributed by atoms with Crippen LogP contribution in [0.3, 0.4) is 0 Å². The topological polar surface area (TPSA) is 46.2 Å². The molecule has 0 aliphatic carbocycles. The van der Waals surface area contributed by atoms with Crippen molar-refractivity contribution < 1.29 is 9.50 Å². The van der Waals surface area contributed by atoms with E-state index in [4.69, 9.17) is 10.8 Å². The van der Waals surface area contributed by atoms with Crippen molar-refractivity contribution >= 4 is 0 Å².